The number of ether oxygens (including phenoxy) is 2. The molecule has 0 saturated carbocycles. The zero-order valence-electron chi connectivity index (χ0n) is 23.6. The average molecular weight is 553 g/mol. The monoisotopic (exact) mass is 552 g/mol. The molecular weight excluding hydrogens is 512 g/mol. The van der Waals surface area contributed by atoms with Crippen molar-refractivity contribution in [2.75, 3.05) is 47.0 Å². The lowest BCUT2D eigenvalue weighted by atomic mass is 9.96. The van der Waals surface area contributed by atoms with Crippen LogP contribution in [0.4, 0.5) is 0 Å². The van der Waals surface area contributed by atoms with Gasteiger partial charge in [-0.25, -0.2) is 10.3 Å². The van der Waals surface area contributed by atoms with Crippen LogP contribution < -0.4 is 10.8 Å². The van der Waals surface area contributed by atoms with E-state index in [2.05, 4.69) is 40.0 Å². The second-order valence-corrected chi connectivity index (χ2v) is 10.4. The zero-order chi connectivity index (χ0) is 28.5. The molecule has 0 spiro atoms. The summed E-state index contributed by atoms with van der Waals surface area (Å²) in [6, 6.07) is 15.5. The largest absolute Gasteiger partial charge is 0.380 e. The molecule has 0 radical (unpaired) electrons. The summed E-state index contributed by atoms with van der Waals surface area (Å²) >= 11 is 0. The van der Waals surface area contributed by atoms with Crippen LogP contribution in [0.1, 0.15) is 48.5 Å². The summed E-state index contributed by atoms with van der Waals surface area (Å²) in [6.45, 7) is 6.39. The maximum Gasteiger partial charge on any atom is 0.279 e. The molecule has 2 saturated heterocycles. The van der Waals surface area contributed by atoms with Crippen LogP contribution in [-0.2, 0) is 30.4 Å². The summed E-state index contributed by atoms with van der Waals surface area (Å²) in [6.07, 6.45) is 2.95. The minimum absolute atomic E-state index is 0.353. The van der Waals surface area contributed by atoms with Gasteiger partial charge < -0.3 is 19.7 Å². The van der Waals surface area contributed by atoms with E-state index < -0.39 is 29.6 Å². The Hall–Kier alpha value is -3.31. The molecular formula is C30H40N4O6. The SMILES string of the molecule is CNC(=O)C(C)(C(=O)NOC1CCCCO1)N(C)C(=O)c1ccc(-c2ccc(CN3CCCOCC3)cc2)cc1. The number of hydrogen-bond acceptors (Lipinski definition) is 7. The first-order valence-electron chi connectivity index (χ1n) is 13.9. The topological polar surface area (TPSA) is 109 Å². The number of rotatable bonds is 9. The molecule has 2 atom stereocenters. The van der Waals surface area contributed by atoms with Crippen LogP contribution in [-0.4, -0.2) is 86.4 Å². The Morgan fingerprint density at radius 1 is 0.950 bits per heavy atom. The van der Waals surface area contributed by atoms with Gasteiger partial charge in [-0.3, -0.25) is 19.3 Å². The number of hydrogen-bond donors (Lipinski definition) is 2. The Morgan fingerprint density at radius 2 is 1.65 bits per heavy atom. The van der Waals surface area contributed by atoms with Gasteiger partial charge in [-0.2, -0.15) is 0 Å². The summed E-state index contributed by atoms with van der Waals surface area (Å²) in [7, 11) is 2.84. The predicted octanol–water partition coefficient (Wildman–Crippen LogP) is 2.73. The highest BCUT2D eigenvalue weighted by Gasteiger charge is 2.47. The molecule has 10 heteroatoms. The molecule has 4 rings (SSSR count). The number of likely N-dealkylation sites (N-methyl/N-ethyl adjacent to an activating group) is 2. The molecule has 3 amide bonds. The van der Waals surface area contributed by atoms with Gasteiger partial charge in [-0.05, 0) is 55.0 Å². The Morgan fingerprint density at radius 3 is 2.30 bits per heavy atom. The van der Waals surface area contributed by atoms with E-state index in [4.69, 9.17) is 14.3 Å². The standard InChI is InChI=1S/C30H40N4O6/c1-30(28(36)31-2,29(37)32-40-26-7-4-5-19-39-26)33(3)27(35)25-14-12-24(13-15-25)23-10-8-22(9-11-23)21-34-16-6-18-38-20-17-34/h8-15,26H,4-7,16-21H2,1-3H3,(H,31,36)(H,32,37). The fourth-order valence-corrected chi connectivity index (χ4v) is 4.89. The molecule has 2 aromatic carbocycles. The van der Waals surface area contributed by atoms with Crippen LogP contribution in [0.5, 0.6) is 0 Å². The van der Waals surface area contributed by atoms with E-state index in [1.54, 1.807) is 12.1 Å². The van der Waals surface area contributed by atoms with Crippen molar-refractivity contribution in [3.8, 4) is 11.1 Å². The fourth-order valence-electron chi connectivity index (χ4n) is 4.89. The quantitative estimate of drug-likeness (QED) is 0.364. The van der Waals surface area contributed by atoms with Crippen LogP contribution in [0.3, 0.4) is 0 Å². The van der Waals surface area contributed by atoms with Gasteiger partial charge in [-0.15, -0.1) is 0 Å². The molecule has 0 bridgehead atoms. The number of carbonyl (C=O) groups is 3. The predicted molar refractivity (Wildman–Crippen MR) is 150 cm³/mol. The fraction of sp³-hybridized carbons (Fsp3) is 0.500. The maximum absolute atomic E-state index is 13.4. The lowest BCUT2D eigenvalue weighted by molar-refractivity contribution is -0.204. The third-order valence-corrected chi connectivity index (χ3v) is 7.65. The van der Waals surface area contributed by atoms with Gasteiger partial charge in [0.2, 0.25) is 0 Å². The van der Waals surface area contributed by atoms with Crippen molar-refractivity contribution in [3.63, 3.8) is 0 Å². The van der Waals surface area contributed by atoms with Crippen molar-refractivity contribution in [1.29, 1.82) is 0 Å². The first kappa shape index (κ1) is 29.7. The lowest BCUT2D eigenvalue weighted by Crippen LogP contribution is -2.65. The number of nitrogens with one attached hydrogen (secondary N) is 2. The number of nitrogens with zero attached hydrogens (tertiary/aromatic N) is 2. The van der Waals surface area contributed by atoms with Crippen LogP contribution in [0.2, 0.25) is 0 Å². The molecule has 40 heavy (non-hydrogen) atoms. The van der Waals surface area contributed by atoms with Crippen LogP contribution in [0.15, 0.2) is 48.5 Å². The molecule has 2 unspecified atom stereocenters. The summed E-state index contributed by atoms with van der Waals surface area (Å²) in [4.78, 5) is 48.3. The molecule has 2 aliphatic heterocycles. The Balaban J connectivity index is 1.41. The molecule has 2 fully saturated rings. The summed E-state index contributed by atoms with van der Waals surface area (Å²) < 4.78 is 11.0. The van der Waals surface area contributed by atoms with Crippen LogP contribution in [0.25, 0.3) is 11.1 Å². The first-order valence-corrected chi connectivity index (χ1v) is 13.9. The summed E-state index contributed by atoms with van der Waals surface area (Å²) in [5.74, 6) is -1.88. The van der Waals surface area contributed by atoms with Crippen molar-refractivity contribution in [3.05, 3.63) is 59.7 Å². The van der Waals surface area contributed by atoms with Crippen molar-refractivity contribution in [2.24, 2.45) is 0 Å². The maximum atomic E-state index is 13.4. The highest BCUT2D eigenvalue weighted by molar-refractivity contribution is 6.12. The van der Waals surface area contributed by atoms with Crippen molar-refractivity contribution in [2.45, 2.75) is 51.0 Å². The summed E-state index contributed by atoms with van der Waals surface area (Å²) in [5.41, 5.74) is 4.07. The van der Waals surface area contributed by atoms with E-state index in [1.807, 2.05) is 12.1 Å². The number of benzene rings is 2. The minimum atomic E-state index is -1.85. The summed E-state index contributed by atoms with van der Waals surface area (Å²) in [5, 5.41) is 2.49. The van der Waals surface area contributed by atoms with Crippen molar-refractivity contribution in [1.82, 2.24) is 20.6 Å². The molecule has 0 aliphatic carbocycles. The third-order valence-electron chi connectivity index (χ3n) is 7.65. The number of amides is 3. The highest BCUT2D eigenvalue weighted by Crippen LogP contribution is 2.24. The second-order valence-electron chi connectivity index (χ2n) is 10.4. The Labute approximate surface area is 235 Å². The van der Waals surface area contributed by atoms with Gasteiger partial charge in [0.1, 0.15) is 0 Å². The van der Waals surface area contributed by atoms with Gasteiger partial charge in [0.15, 0.2) is 11.8 Å². The number of carbonyl (C=O) groups excluding carboxylic acids is 3. The van der Waals surface area contributed by atoms with Gasteiger partial charge in [-0.1, -0.05) is 36.4 Å². The molecule has 2 aliphatic rings. The Kier molecular flexibility index (Phi) is 10.3. The normalized spacial score (nSPS) is 19.6. The smallest absolute Gasteiger partial charge is 0.279 e. The Bertz CT molecular complexity index is 1140. The van der Waals surface area contributed by atoms with E-state index in [9.17, 15) is 14.4 Å². The third kappa shape index (κ3) is 7.06. The van der Waals surface area contributed by atoms with E-state index in [-0.39, 0.29) is 0 Å². The molecule has 2 aromatic rings. The first-order chi connectivity index (χ1) is 19.3. The molecule has 2 N–H and O–H groups in total. The van der Waals surface area contributed by atoms with Gasteiger partial charge in [0.25, 0.3) is 17.7 Å². The molecule has 10 nitrogen and oxygen atoms in total. The molecule has 216 valence electrons. The van der Waals surface area contributed by atoms with E-state index >= 15 is 0 Å². The van der Waals surface area contributed by atoms with Crippen LogP contribution in [0, 0.1) is 0 Å². The van der Waals surface area contributed by atoms with Gasteiger partial charge in [0, 0.05) is 58.9 Å². The molecule has 0 aromatic heterocycles. The van der Waals surface area contributed by atoms with E-state index in [0.29, 0.717) is 18.6 Å². The lowest BCUT2D eigenvalue weighted by Gasteiger charge is -2.36. The highest BCUT2D eigenvalue weighted by atomic mass is 16.8. The minimum Gasteiger partial charge on any atom is -0.380 e. The van der Waals surface area contributed by atoms with Crippen LogP contribution >= 0.6 is 0 Å². The second kappa shape index (κ2) is 13.8. The molecule has 2 heterocycles. The van der Waals surface area contributed by atoms with E-state index in [0.717, 1.165) is 68.1 Å². The zero-order valence-corrected chi connectivity index (χ0v) is 23.6. The van der Waals surface area contributed by atoms with Crippen molar-refractivity contribution < 1.29 is 28.7 Å². The van der Waals surface area contributed by atoms with Gasteiger partial charge >= 0.3 is 0 Å². The van der Waals surface area contributed by atoms with E-state index in [1.165, 1.54) is 26.6 Å². The number of hydroxylamine groups is 1. The van der Waals surface area contributed by atoms with Gasteiger partial charge in [0.05, 0.1) is 6.61 Å². The van der Waals surface area contributed by atoms with Crippen molar-refractivity contribution >= 4 is 17.7 Å². The average Bonchev–Trinajstić information content (AvgIpc) is 3.28.